The molecule has 1 aromatic carbocycles. The number of H-pyrrole nitrogens is 1. The lowest BCUT2D eigenvalue weighted by molar-refractivity contribution is 0.218. The molecule has 0 bridgehead atoms. The molecule has 0 aliphatic carbocycles. The van der Waals surface area contributed by atoms with Crippen molar-refractivity contribution in [3.8, 4) is 16.9 Å². The molecule has 3 rings (SSSR count). The van der Waals surface area contributed by atoms with Gasteiger partial charge in [-0.1, -0.05) is 6.42 Å². The van der Waals surface area contributed by atoms with E-state index >= 15 is 0 Å². The van der Waals surface area contributed by atoms with Crippen LogP contribution in [-0.2, 0) is 6.54 Å². The molecule has 0 radical (unpaired) electrons. The maximum Gasteiger partial charge on any atom is 0.272 e. The summed E-state index contributed by atoms with van der Waals surface area (Å²) in [7, 11) is 1.05. The molecule has 1 aliphatic rings. The topological polar surface area (TPSA) is 50.3 Å². The SMILES string of the molecule is COc1c(F)cc(-c2cn(CCN3CCCCC3)[nH]c2=O)c(F)c1F. The molecule has 1 aliphatic heterocycles. The standard InChI is InChI=1S/C17H20F3N3O2/c1-25-16-13(18)9-11(14(19)15(16)20)12-10-23(21-17(12)24)8-7-22-5-3-2-4-6-22/h9-10H,2-8H2,1H3,(H,21,24). The summed E-state index contributed by atoms with van der Waals surface area (Å²) >= 11 is 0. The minimum atomic E-state index is -1.45. The number of rotatable bonds is 5. The van der Waals surface area contributed by atoms with Gasteiger partial charge >= 0.3 is 0 Å². The molecular weight excluding hydrogens is 335 g/mol. The van der Waals surface area contributed by atoms with Crippen LogP contribution < -0.4 is 10.3 Å². The molecule has 25 heavy (non-hydrogen) atoms. The zero-order chi connectivity index (χ0) is 18.0. The number of nitrogens with zero attached hydrogens (tertiary/aromatic N) is 2. The van der Waals surface area contributed by atoms with Crippen LogP contribution in [0.15, 0.2) is 17.1 Å². The maximum atomic E-state index is 14.2. The predicted molar refractivity (Wildman–Crippen MR) is 87.2 cm³/mol. The van der Waals surface area contributed by atoms with Crippen LogP contribution in [0.4, 0.5) is 13.2 Å². The highest BCUT2D eigenvalue weighted by molar-refractivity contribution is 5.64. The number of aromatic nitrogens is 2. The lowest BCUT2D eigenvalue weighted by Gasteiger charge is -2.26. The number of halogens is 3. The molecular formula is C17H20F3N3O2. The fourth-order valence-electron chi connectivity index (χ4n) is 3.14. The Morgan fingerprint density at radius 3 is 2.48 bits per heavy atom. The van der Waals surface area contributed by atoms with E-state index in [1.807, 2.05) is 0 Å². The molecule has 0 saturated carbocycles. The maximum absolute atomic E-state index is 14.2. The van der Waals surface area contributed by atoms with Gasteiger partial charge < -0.3 is 9.64 Å². The number of hydrogen-bond acceptors (Lipinski definition) is 3. The molecule has 136 valence electrons. The monoisotopic (exact) mass is 355 g/mol. The van der Waals surface area contributed by atoms with Crippen LogP contribution >= 0.6 is 0 Å². The number of likely N-dealkylation sites (tertiary alicyclic amines) is 1. The van der Waals surface area contributed by atoms with E-state index in [2.05, 4.69) is 14.7 Å². The summed E-state index contributed by atoms with van der Waals surface area (Å²) in [5.41, 5.74) is -1.13. The van der Waals surface area contributed by atoms with E-state index in [0.717, 1.165) is 45.7 Å². The van der Waals surface area contributed by atoms with Crippen LogP contribution in [-0.4, -0.2) is 41.4 Å². The van der Waals surface area contributed by atoms with Crippen LogP contribution in [0.5, 0.6) is 5.75 Å². The van der Waals surface area contributed by atoms with Crippen molar-refractivity contribution in [2.24, 2.45) is 0 Å². The number of ether oxygens (including phenoxy) is 1. The Kier molecular flexibility index (Phi) is 5.17. The molecule has 0 atom stereocenters. The fourth-order valence-corrected chi connectivity index (χ4v) is 3.14. The van der Waals surface area contributed by atoms with Gasteiger partial charge in [0.15, 0.2) is 17.4 Å². The van der Waals surface area contributed by atoms with Crippen LogP contribution in [0.3, 0.4) is 0 Å². The van der Waals surface area contributed by atoms with Crippen LogP contribution in [0.25, 0.3) is 11.1 Å². The van der Waals surface area contributed by atoms with Crippen molar-refractivity contribution in [2.75, 3.05) is 26.7 Å². The van der Waals surface area contributed by atoms with Gasteiger partial charge in [-0.25, -0.2) is 8.78 Å². The number of aromatic amines is 1. The van der Waals surface area contributed by atoms with E-state index in [1.165, 1.54) is 17.3 Å². The molecule has 5 nitrogen and oxygen atoms in total. The molecule has 2 heterocycles. The molecule has 0 spiro atoms. The van der Waals surface area contributed by atoms with Gasteiger partial charge in [-0.05, 0) is 32.0 Å². The molecule has 1 aromatic heterocycles. The van der Waals surface area contributed by atoms with E-state index in [-0.39, 0.29) is 5.56 Å². The summed E-state index contributed by atoms with van der Waals surface area (Å²) in [6.45, 7) is 3.29. The first-order valence-electron chi connectivity index (χ1n) is 8.25. The Morgan fingerprint density at radius 2 is 1.80 bits per heavy atom. The highest BCUT2D eigenvalue weighted by Crippen LogP contribution is 2.31. The van der Waals surface area contributed by atoms with Crippen molar-refractivity contribution < 1.29 is 17.9 Å². The van der Waals surface area contributed by atoms with Crippen molar-refractivity contribution in [3.63, 3.8) is 0 Å². The summed E-state index contributed by atoms with van der Waals surface area (Å²) < 4.78 is 47.9. The first-order valence-corrected chi connectivity index (χ1v) is 8.25. The highest BCUT2D eigenvalue weighted by atomic mass is 19.2. The summed E-state index contributed by atoms with van der Waals surface area (Å²) in [6, 6.07) is 0.775. The Balaban J connectivity index is 1.84. The van der Waals surface area contributed by atoms with Crippen LogP contribution in [0.1, 0.15) is 19.3 Å². The molecule has 1 N–H and O–H groups in total. The second kappa shape index (κ2) is 7.35. The van der Waals surface area contributed by atoms with Gasteiger partial charge in [0.2, 0.25) is 5.82 Å². The van der Waals surface area contributed by atoms with E-state index in [4.69, 9.17) is 0 Å². The quantitative estimate of drug-likeness (QED) is 0.839. The van der Waals surface area contributed by atoms with Gasteiger partial charge in [0.25, 0.3) is 5.56 Å². The molecule has 2 aromatic rings. The van der Waals surface area contributed by atoms with Gasteiger partial charge in [0, 0.05) is 18.3 Å². The lowest BCUT2D eigenvalue weighted by atomic mass is 10.1. The Labute approximate surface area is 143 Å². The smallest absolute Gasteiger partial charge is 0.272 e. The normalized spacial score (nSPS) is 15.5. The van der Waals surface area contributed by atoms with Gasteiger partial charge in [0.1, 0.15) is 0 Å². The van der Waals surface area contributed by atoms with Gasteiger partial charge in [-0.2, -0.15) is 4.39 Å². The molecule has 1 fully saturated rings. The van der Waals surface area contributed by atoms with E-state index < -0.39 is 34.3 Å². The number of piperidine rings is 1. The van der Waals surface area contributed by atoms with Crippen molar-refractivity contribution in [3.05, 3.63) is 40.1 Å². The number of benzene rings is 1. The van der Waals surface area contributed by atoms with E-state index in [9.17, 15) is 18.0 Å². The molecule has 8 heteroatoms. The minimum absolute atomic E-state index is 0.114. The highest BCUT2D eigenvalue weighted by Gasteiger charge is 2.22. The Morgan fingerprint density at radius 1 is 1.08 bits per heavy atom. The fraction of sp³-hybridized carbons (Fsp3) is 0.471. The number of methoxy groups -OCH3 is 1. The van der Waals surface area contributed by atoms with Crippen molar-refractivity contribution in [2.45, 2.75) is 25.8 Å². The first-order chi connectivity index (χ1) is 12.0. The minimum Gasteiger partial charge on any atom is -0.491 e. The summed E-state index contributed by atoms with van der Waals surface area (Å²) in [4.78, 5) is 14.4. The van der Waals surface area contributed by atoms with Crippen LogP contribution in [0, 0.1) is 17.5 Å². The summed E-state index contributed by atoms with van der Waals surface area (Å²) in [6.07, 6.45) is 4.93. The molecule has 1 saturated heterocycles. The third-order valence-electron chi connectivity index (χ3n) is 4.49. The first kappa shape index (κ1) is 17.6. The van der Waals surface area contributed by atoms with Crippen molar-refractivity contribution in [1.29, 1.82) is 0 Å². The van der Waals surface area contributed by atoms with Crippen molar-refractivity contribution >= 4 is 0 Å². The number of nitrogens with one attached hydrogen (secondary N) is 1. The Hall–Kier alpha value is -2.22. The van der Waals surface area contributed by atoms with Gasteiger partial charge in [0.05, 0.1) is 19.2 Å². The van der Waals surface area contributed by atoms with Crippen molar-refractivity contribution in [1.82, 2.24) is 14.7 Å². The van der Waals surface area contributed by atoms with E-state index in [0.29, 0.717) is 6.54 Å². The zero-order valence-electron chi connectivity index (χ0n) is 13.9. The van der Waals surface area contributed by atoms with E-state index in [1.54, 1.807) is 0 Å². The van der Waals surface area contributed by atoms with Gasteiger partial charge in [-0.3, -0.25) is 14.6 Å². The van der Waals surface area contributed by atoms with Gasteiger partial charge in [-0.15, -0.1) is 0 Å². The average molecular weight is 355 g/mol. The third kappa shape index (κ3) is 3.58. The number of hydrogen-bond donors (Lipinski definition) is 1. The average Bonchev–Trinajstić information content (AvgIpc) is 2.98. The molecule has 0 amide bonds. The second-order valence-corrected chi connectivity index (χ2v) is 6.15. The Bertz CT molecular complexity index is 810. The summed E-state index contributed by atoms with van der Waals surface area (Å²) in [5, 5.41) is 2.57. The lowest BCUT2D eigenvalue weighted by Crippen LogP contribution is -2.32. The molecule has 0 unspecified atom stereocenters. The zero-order valence-corrected chi connectivity index (χ0v) is 13.9. The third-order valence-corrected chi connectivity index (χ3v) is 4.49. The summed E-state index contributed by atoms with van der Waals surface area (Å²) in [5.74, 6) is -4.62. The van der Waals surface area contributed by atoms with Crippen LogP contribution in [0.2, 0.25) is 0 Å². The second-order valence-electron chi connectivity index (χ2n) is 6.15. The predicted octanol–water partition coefficient (Wildman–Crippen LogP) is 2.76. The largest absolute Gasteiger partial charge is 0.491 e.